The number of aromatic nitrogens is 2. The van der Waals surface area contributed by atoms with E-state index in [2.05, 4.69) is 29.2 Å². The van der Waals surface area contributed by atoms with Crippen LogP contribution in [0.1, 0.15) is 12.1 Å². The lowest BCUT2D eigenvalue weighted by molar-refractivity contribution is -0.141. The van der Waals surface area contributed by atoms with E-state index < -0.39 is 18.0 Å². The van der Waals surface area contributed by atoms with Crippen molar-refractivity contribution < 1.29 is 22.7 Å². The van der Waals surface area contributed by atoms with Crippen LogP contribution in [0.15, 0.2) is 30.1 Å². The first-order valence-electron chi connectivity index (χ1n) is 7.06. The summed E-state index contributed by atoms with van der Waals surface area (Å²) in [5, 5.41) is 0.0150. The summed E-state index contributed by atoms with van der Waals surface area (Å²) < 4.78 is 43.0. The van der Waals surface area contributed by atoms with E-state index in [0.717, 1.165) is 24.0 Å². The molecule has 0 saturated carbocycles. The van der Waals surface area contributed by atoms with Gasteiger partial charge in [-0.05, 0) is 12.5 Å². The predicted molar refractivity (Wildman–Crippen MR) is 87.2 cm³/mol. The Hall–Kier alpha value is -1.42. The van der Waals surface area contributed by atoms with Crippen LogP contribution in [-0.2, 0) is 10.9 Å². The number of nitrogens with zero attached hydrogens (tertiary/aromatic N) is 3. The van der Waals surface area contributed by atoms with Crippen LogP contribution in [-0.4, -0.2) is 51.2 Å². The van der Waals surface area contributed by atoms with Gasteiger partial charge in [-0.15, -0.1) is 0 Å². The highest BCUT2D eigenvalue weighted by Crippen LogP contribution is 2.30. The van der Waals surface area contributed by atoms with Crippen molar-refractivity contribution in [3.8, 4) is 0 Å². The van der Waals surface area contributed by atoms with Crippen LogP contribution in [0.4, 0.5) is 18.0 Å². The summed E-state index contributed by atoms with van der Waals surface area (Å²) in [6, 6.07) is 0.621. The van der Waals surface area contributed by atoms with E-state index >= 15 is 0 Å². The van der Waals surface area contributed by atoms with Crippen LogP contribution < -0.4 is 0 Å². The fraction of sp³-hybridized carbons (Fsp3) is 0.500. The summed E-state index contributed by atoms with van der Waals surface area (Å²) in [7, 11) is 0. The van der Waals surface area contributed by atoms with Crippen molar-refractivity contribution >= 4 is 30.5 Å². The molecule has 2 atom stereocenters. The Morgan fingerprint density at radius 2 is 2.33 bits per heavy atom. The first kappa shape index (κ1) is 18.9. The number of ether oxygens (including phenoxy) is 1. The van der Waals surface area contributed by atoms with Gasteiger partial charge in [-0.25, -0.2) is 14.8 Å². The number of amides is 1. The number of alkyl halides is 3. The molecular formula is C14H16F3N3O2S2. The Morgan fingerprint density at radius 1 is 1.58 bits per heavy atom. The molecule has 2 rings (SSSR count). The average molecular weight is 379 g/mol. The third-order valence-corrected chi connectivity index (χ3v) is 4.66. The number of carbonyl (C=O) groups is 1. The number of hydrogen-bond donors (Lipinski definition) is 1. The lowest BCUT2D eigenvalue weighted by atomic mass is 10.2. The highest BCUT2D eigenvalue weighted by Gasteiger charge is 2.35. The van der Waals surface area contributed by atoms with Gasteiger partial charge in [-0.3, -0.25) is 0 Å². The highest BCUT2D eigenvalue weighted by molar-refractivity contribution is 7.99. The molecule has 5 nitrogen and oxygen atoms in total. The molecule has 1 aliphatic heterocycles. The molecule has 0 unspecified atom stereocenters. The van der Waals surface area contributed by atoms with E-state index in [1.54, 1.807) is 0 Å². The molecule has 132 valence electrons. The van der Waals surface area contributed by atoms with Crippen molar-refractivity contribution in [1.29, 1.82) is 0 Å². The van der Waals surface area contributed by atoms with Crippen molar-refractivity contribution in [2.45, 2.75) is 29.0 Å². The van der Waals surface area contributed by atoms with E-state index in [9.17, 15) is 18.0 Å². The molecule has 0 aliphatic carbocycles. The SMILES string of the molecule is C=CCOC(=O)N1C[C@@H](S)C[C@H]1CSc1nccc(C(F)(F)F)n1. The molecule has 1 saturated heterocycles. The van der Waals surface area contributed by atoms with Crippen molar-refractivity contribution in [2.75, 3.05) is 18.9 Å². The molecule has 1 aromatic rings. The van der Waals surface area contributed by atoms with Gasteiger partial charge in [0, 0.05) is 29.8 Å². The van der Waals surface area contributed by atoms with E-state index in [1.165, 1.54) is 11.0 Å². The third kappa shape index (κ3) is 5.04. The molecule has 24 heavy (non-hydrogen) atoms. The van der Waals surface area contributed by atoms with Gasteiger partial charge in [0.25, 0.3) is 0 Å². The van der Waals surface area contributed by atoms with E-state index in [1.807, 2.05) is 0 Å². The van der Waals surface area contributed by atoms with Crippen molar-refractivity contribution in [2.24, 2.45) is 0 Å². The molecule has 0 radical (unpaired) electrons. The summed E-state index contributed by atoms with van der Waals surface area (Å²) >= 11 is 5.44. The molecule has 1 fully saturated rings. The Bertz CT molecular complexity index is 601. The molecule has 2 heterocycles. The van der Waals surface area contributed by atoms with Gasteiger partial charge in [0.05, 0.1) is 0 Å². The zero-order valence-corrected chi connectivity index (χ0v) is 14.3. The molecule has 1 amide bonds. The minimum Gasteiger partial charge on any atom is -0.445 e. The number of carbonyl (C=O) groups excluding carboxylic acids is 1. The van der Waals surface area contributed by atoms with Crippen molar-refractivity contribution in [1.82, 2.24) is 14.9 Å². The van der Waals surface area contributed by atoms with Crippen LogP contribution in [0, 0.1) is 0 Å². The van der Waals surface area contributed by atoms with Crippen LogP contribution in [0.3, 0.4) is 0 Å². The van der Waals surface area contributed by atoms with Gasteiger partial charge in [0.15, 0.2) is 5.16 Å². The number of rotatable bonds is 5. The summed E-state index contributed by atoms with van der Waals surface area (Å²) in [5.74, 6) is 0.363. The van der Waals surface area contributed by atoms with Gasteiger partial charge >= 0.3 is 12.3 Å². The second-order valence-corrected chi connectivity index (χ2v) is 6.81. The Morgan fingerprint density at radius 3 is 3.00 bits per heavy atom. The maximum atomic E-state index is 12.7. The quantitative estimate of drug-likeness (QED) is 0.368. The molecule has 0 bridgehead atoms. The molecule has 10 heteroatoms. The van der Waals surface area contributed by atoms with E-state index in [0.29, 0.717) is 18.7 Å². The normalized spacial score (nSPS) is 20.9. The summed E-state index contributed by atoms with van der Waals surface area (Å²) in [6.07, 6.45) is -1.83. The summed E-state index contributed by atoms with van der Waals surface area (Å²) in [6.45, 7) is 4.00. The minimum atomic E-state index is -4.51. The lowest BCUT2D eigenvalue weighted by Gasteiger charge is -2.23. The molecule has 0 spiro atoms. The monoisotopic (exact) mass is 379 g/mol. The number of halogens is 3. The molecule has 0 aromatic carbocycles. The number of likely N-dealkylation sites (tertiary alicyclic amines) is 1. The topological polar surface area (TPSA) is 55.3 Å². The number of thiol groups is 1. The average Bonchev–Trinajstić information content (AvgIpc) is 2.91. The molecule has 1 aliphatic rings. The maximum Gasteiger partial charge on any atom is 0.433 e. The largest absolute Gasteiger partial charge is 0.445 e. The lowest BCUT2D eigenvalue weighted by Crippen LogP contribution is -2.37. The fourth-order valence-corrected chi connectivity index (χ4v) is 3.60. The zero-order valence-electron chi connectivity index (χ0n) is 12.6. The highest BCUT2D eigenvalue weighted by atomic mass is 32.2. The number of hydrogen-bond acceptors (Lipinski definition) is 6. The Kier molecular flexibility index (Phi) is 6.39. The fourth-order valence-electron chi connectivity index (χ4n) is 2.23. The van der Waals surface area contributed by atoms with Gasteiger partial charge in [-0.2, -0.15) is 25.8 Å². The van der Waals surface area contributed by atoms with Crippen molar-refractivity contribution in [3.63, 3.8) is 0 Å². The van der Waals surface area contributed by atoms with Crippen molar-refractivity contribution in [3.05, 3.63) is 30.6 Å². The van der Waals surface area contributed by atoms with Gasteiger partial charge in [0.2, 0.25) is 0 Å². The Balaban J connectivity index is 1.99. The molecule has 0 N–H and O–H groups in total. The van der Waals surface area contributed by atoms with Crippen LogP contribution >= 0.6 is 24.4 Å². The molecule has 1 aromatic heterocycles. The second-order valence-electron chi connectivity index (χ2n) is 5.09. The standard InChI is InChI=1S/C14H16F3N3O2S2/c1-2-5-22-13(21)20-7-10(23)6-9(20)8-24-12-18-4-3-11(19-12)14(15,16)17/h2-4,9-10,23H,1,5-8H2/t9-,10-/m0/s1. The first-order chi connectivity index (χ1) is 11.3. The zero-order chi connectivity index (χ0) is 17.7. The summed E-state index contributed by atoms with van der Waals surface area (Å²) in [5.41, 5.74) is -0.985. The first-order valence-corrected chi connectivity index (χ1v) is 8.57. The third-order valence-electron chi connectivity index (χ3n) is 3.28. The smallest absolute Gasteiger partial charge is 0.433 e. The number of thioether (sulfide) groups is 1. The van der Waals surface area contributed by atoms with Gasteiger partial charge in [0.1, 0.15) is 12.3 Å². The summed E-state index contributed by atoms with van der Waals surface area (Å²) in [4.78, 5) is 20.9. The van der Waals surface area contributed by atoms with Crippen LogP contribution in [0.2, 0.25) is 0 Å². The predicted octanol–water partition coefficient (Wildman–Crippen LogP) is 3.28. The van der Waals surface area contributed by atoms with Gasteiger partial charge < -0.3 is 9.64 Å². The van der Waals surface area contributed by atoms with Gasteiger partial charge in [-0.1, -0.05) is 24.4 Å². The minimum absolute atomic E-state index is 0.00527. The maximum absolute atomic E-state index is 12.7. The molecular weight excluding hydrogens is 363 g/mol. The van der Waals surface area contributed by atoms with Crippen LogP contribution in [0.25, 0.3) is 0 Å². The van der Waals surface area contributed by atoms with Crippen LogP contribution in [0.5, 0.6) is 0 Å². The Labute approximate surface area is 147 Å². The van der Waals surface area contributed by atoms with E-state index in [-0.39, 0.29) is 23.1 Å². The second kappa shape index (κ2) is 8.11. The van der Waals surface area contributed by atoms with E-state index in [4.69, 9.17) is 4.74 Å².